The molecule has 0 spiro atoms. The molecular weight excluding hydrogens is 256 g/mol. The number of hydrogen-bond donors (Lipinski definition) is 1. The van der Waals surface area contributed by atoms with Gasteiger partial charge in [-0.25, -0.2) is 22.0 Å². The summed E-state index contributed by atoms with van der Waals surface area (Å²) in [5.41, 5.74) is 0. The van der Waals surface area contributed by atoms with Crippen LogP contribution in [-0.2, 0) is 0 Å². The van der Waals surface area contributed by atoms with Crippen molar-refractivity contribution in [3.8, 4) is 0 Å². The van der Waals surface area contributed by atoms with Crippen LogP contribution in [0.1, 0.15) is 0 Å². The number of thiol groups is 1. The van der Waals surface area contributed by atoms with E-state index >= 15 is 0 Å². The van der Waals surface area contributed by atoms with E-state index in [1.54, 1.807) is 0 Å². The molecule has 0 aliphatic heterocycles. The van der Waals surface area contributed by atoms with Gasteiger partial charge in [0.1, 0.15) is 0 Å². The first kappa shape index (κ1) is 19.6. The fraction of sp³-hybridized carbons (Fsp3) is 0. The molecule has 0 heterocycles. The Morgan fingerprint density at radius 1 is 0.533 bits per heavy atom. The van der Waals surface area contributed by atoms with E-state index in [0.29, 0.717) is 0 Å². The highest BCUT2D eigenvalue weighted by molar-refractivity contribution is 7.80. The Bertz CT molecular complexity index is 233. The van der Waals surface area contributed by atoms with Crippen molar-refractivity contribution in [2.75, 3.05) is 0 Å². The molecule has 0 N–H and O–H groups in total. The third kappa shape index (κ3) is 2.98. The lowest BCUT2D eigenvalue weighted by molar-refractivity contribution is 0.361. The normalized spacial score (nSPS) is 8.40. The van der Waals surface area contributed by atoms with Crippen molar-refractivity contribution in [2.24, 2.45) is 0 Å². The Balaban J connectivity index is -0.000000480. The lowest BCUT2D eigenvalue weighted by Gasteiger charge is -2.01. The standard InChI is InChI=1S/C6HF5S.3FH/c7-1-2(8)4(10)6(12)5(11)3(1)9;;;/h12H;3*1H. The average Bonchev–Trinajstić information content (AvgIpc) is 2.08. The average molecular weight is 260 g/mol. The zero-order chi connectivity index (χ0) is 9.46. The van der Waals surface area contributed by atoms with Crippen LogP contribution in [0.15, 0.2) is 4.90 Å². The van der Waals surface area contributed by atoms with Crippen LogP contribution in [0.2, 0.25) is 0 Å². The second-order valence-corrected chi connectivity index (χ2v) is 2.37. The summed E-state index contributed by atoms with van der Waals surface area (Å²) in [6.07, 6.45) is 0. The molecule has 9 heteroatoms. The minimum atomic E-state index is -2.18. The predicted octanol–water partition coefficient (Wildman–Crippen LogP) is 3.13. The second kappa shape index (κ2) is 6.49. The van der Waals surface area contributed by atoms with Crippen molar-refractivity contribution >= 4 is 12.6 Å². The van der Waals surface area contributed by atoms with E-state index in [4.69, 9.17) is 0 Å². The number of rotatable bonds is 0. The summed E-state index contributed by atoms with van der Waals surface area (Å²) < 4.78 is 61.3. The molecule has 0 aliphatic carbocycles. The Morgan fingerprint density at radius 2 is 0.733 bits per heavy atom. The van der Waals surface area contributed by atoms with E-state index in [0.717, 1.165) is 0 Å². The predicted molar refractivity (Wildman–Crippen MR) is 41.0 cm³/mol. The minimum Gasteiger partial charge on any atom is -0.269 e. The molecule has 0 atom stereocenters. The molecule has 0 unspecified atom stereocenters. The SMILES string of the molecule is F.F.F.Fc1c(F)c(F)c(S)c(F)c1F. The molecule has 15 heavy (non-hydrogen) atoms. The molecule has 0 fully saturated rings. The van der Waals surface area contributed by atoms with Crippen LogP contribution >= 0.6 is 12.6 Å². The van der Waals surface area contributed by atoms with E-state index in [1.165, 1.54) is 0 Å². The van der Waals surface area contributed by atoms with Crippen molar-refractivity contribution in [1.29, 1.82) is 0 Å². The molecule has 0 saturated carbocycles. The van der Waals surface area contributed by atoms with E-state index in [2.05, 4.69) is 12.6 Å². The molecule has 0 bridgehead atoms. The van der Waals surface area contributed by atoms with E-state index in [1.807, 2.05) is 0 Å². The maximum absolute atomic E-state index is 12.3. The topological polar surface area (TPSA) is 0 Å². The summed E-state index contributed by atoms with van der Waals surface area (Å²) in [6.45, 7) is 0. The quantitative estimate of drug-likeness (QED) is 0.315. The van der Waals surface area contributed by atoms with Crippen molar-refractivity contribution in [3.05, 3.63) is 29.1 Å². The summed E-state index contributed by atoms with van der Waals surface area (Å²) in [7, 11) is 0. The molecule has 90 valence electrons. The lowest BCUT2D eigenvalue weighted by Crippen LogP contribution is -2.01. The van der Waals surface area contributed by atoms with Crippen molar-refractivity contribution in [2.45, 2.75) is 4.90 Å². The molecule has 1 aromatic rings. The lowest BCUT2D eigenvalue weighted by atomic mass is 10.3. The van der Waals surface area contributed by atoms with Gasteiger partial charge < -0.3 is 0 Å². The third-order valence-corrected chi connectivity index (χ3v) is 1.58. The van der Waals surface area contributed by atoms with Crippen molar-refractivity contribution in [3.63, 3.8) is 0 Å². The Labute approximate surface area is 83.6 Å². The van der Waals surface area contributed by atoms with Gasteiger partial charge in [-0.3, -0.25) is 14.1 Å². The third-order valence-electron chi connectivity index (χ3n) is 1.19. The first-order valence-corrected chi connectivity index (χ1v) is 3.12. The van der Waals surface area contributed by atoms with Gasteiger partial charge in [-0.05, 0) is 0 Å². The van der Waals surface area contributed by atoms with Gasteiger partial charge in [-0.15, -0.1) is 12.6 Å². The van der Waals surface area contributed by atoms with E-state index in [-0.39, 0.29) is 14.1 Å². The molecule has 1 aromatic carbocycles. The fourth-order valence-corrected chi connectivity index (χ4v) is 0.790. The molecule has 0 aromatic heterocycles. The monoisotopic (exact) mass is 260 g/mol. The summed E-state index contributed by atoms with van der Waals surface area (Å²) in [6, 6.07) is 0. The molecule has 0 nitrogen and oxygen atoms in total. The Kier molecular flexibility index (Phi) is 8.46. The molecular formula is C6H4F8S. The summed E-state index contributed by atoms with van der Waals surface area (Å²) >= 11 is 3.10. The van der Waals surface area contributed by atoms with Crippen molar-refractivity contribution < 1.29 is 36.1 Å². The Hall–Kier alpha value is -0.990. The van der Waals surface area contributed by atoms with Gasteiger partial charge in [0.05, 0.1) is 4.90 Å². The number of benzene rings is 1. The summed E-state index contributed by atoms with van der Waals surface area (Å²) in [5, 5.41) is 0. The van der Waals surface area contributed by atoms with Crippen molar-refractivity contribution in [1.82, 2.24) is 0 Å². The van der Waals surface area contributed by atoms with Crippen LogP contribution in [0, 0.1) is 29.1 Å². The summed E-state index contributed by atoms with van der Waals surface area (Å²) in [5.74, 6) is -10.00. The van der Waals surface area contributed by atoms with Crippen LogP contribution in [-0.4, -0.2) is 0 Å². The number of hydrogen-bond acceptors (Lipinski definition) is 1. The number of halogens is 8. The van der Waals surface area contributed by atoms with Gasteiger partial charge >= 0.3 is 0 Å². The summed E-state index contributed by atoms with van der Waals surface area (Å²) in [4.78, 5) is -1.17. The molecule has 0 radical (unpaired) electrons. The van der Waals surface area contributed by atoms with Gasteiger partial charge in [0, 0.05) is 0 Å². The van der Waals surface area contributed by atoms with Crippen LogP contribution in [0.4, 0.5) is 36.1 Å². The molecule has 0 amide bonds. The molecule has 0 saturated heterocycles. The maximum Gasteiger partial charge on any atom is 0.200 e. The Morgan fingerprint density at radius 3 is 1.00 bits per heavy atom. The highest BCUT2D eigenvalue weighted by Gasteiger charge is 2.23. The van der Waals surface area contributed by atoms with E-state index < -0.39 is 34.0 Å². The largest absolute Gasteiger partial charge is 0.269 e. The van der Waals surface area contributed by atoms with Gasteiger partial charge in [0.2, 0.25) is 5.82 Å². The minimum absolute atomic E-state index is 0. The second-order valence-electron chi connectivity index (χ2n) is 1.92. The van der Waals surface area contributed by atoms with Crippen LogP contribution < -0.4 is 0 Å². The fourth-order valence-electron chi connectivity index (χ4n) is 0.593. The smallest absolute Gasteiger partial charge is 0.200 e. The molecule has 0 aliphatic rings. The first-order chi connectivity index (χ1) is 5.46. The molecule has 1 rings (SSSR count). The zero-order valence-electron chi connectivity index (χ0n) is 6.56. The van der Waals surface area contributed by atoms with Gasteiger partial charge in [-0.1, -0.05) is 0 Å². The maximum atomic E-state index is 12.3. The van der Waals surface area contributed by atoms with Gasteiger partial charge in [0.15, 0.2) is 23.3 Å². The van der Waals surface area contributed by atoms with Crippen LogP contribution in [0.5, 0.6) is 0 Å². The van der Waals surface area contributed by atoms with Crippen LogP contribution in [0.3, 0.4) is 0 Å². The zero-order valence-corrected chi connectivity index (χ0v) is 7.46. The van der Waals surface area contributed by atoms with Gasteiger partial charge in [0.25, 0.3) is 0 Å². The highest BCUT2D eigenvalue weighted by Crippen LogP contribution is 2.24. The van der Waals surface area contributed by atoms with E-state index in [9.17, 15) is 22.0 Å². The first-order valence-electron chi connectivity index (χ1n) is 2.67. The van der Waals surface area contributed by atoms with Gasteiger partial charge in [-0.2, -0.15) is 0 Å². The highest BCUT2D eigenvalue weighted by atomic mass is 32.1. The van der Waals surface area contributed by atoms with Crippen LogP contribution in [0.25, 0.3) is 0 Å².